The quantitative estimate of drug-likeness (QED) is 0.495. The maximum absolute atomic E-state index is 14.3. The number of benzene rings is 2. The molecule has 0 saturated carbocycles. The van der Waals surface area contributed by atoms with E-state index in [9.17, 15) is 27.6 Å². The molecular weight excluding hydrogens is 529 g/mol. The van der Waals surface area contributed by atoms with E-state index < -0.39 is 29.0 Å². The van der Waals surface area contributed by atoms with E-state index in [2.05, 4.69) is 5.10 Å². The van der Waals surface area contributed by atoms with Gasteiger partial charge in [0.1, 0.15) is 17.5 Å². The minimum atomic E-state index is -4.80. The first-order chi connectivity index (χ1) is 19.0. The summed E-state index contributed by atoms with van der Waals surface area (Å²) in [6.45, 7) is 2.52. The molecule has 0 aliphatic carbocycles. The number of carbonyl (C=O) groups excluding carboxylic acids is 2. The number of rotatable bonds is 5. The topological polar surface area (TPSA) is 127 Å². The van der Waals surface area contributed by atoms with E-state index in [0.717, 1.165) is 11.0 Å². The fourth-order valence-corrected chi connectivity index (χ4v) is 5.41. The molecule has 5 rings (SSSR count). The number of anilines is 2. The van der Waals surface area contributed by atoms with Gasteiger partial charge in [0, 0.05) is 36.3 Å². The first-order valence-electron chi connectivity index (χ1n) is 12.7. The molecule has 3 aromatic rings. The van der Waals surface area contributed by atoms with E-state index in [1.807, 2.05) is 4.90 Å². The molecular formula is C27H28F3N6O4+. The number of nitrogens with two attached hydrogens (primary N) is 2. The van der Waals surface area contributed by atoms with Crippen molar-refractivity contribution in [3.05, 3.63) is 63.9 Å². The van der Waals surface area contributed by atoms with Crippen LogP contribution in [0.2, 0.25) is 0 Å². The third-order valence-corrected chi connectivity index (χ3v) is 7.21. The number of amides is 3. The Morgan fingerprint density at radius 2 is 1.93 bits per heavy atom. The zero-order valence-electron chi connectivity index (χ0n) is 21.9. The summed E-state index contributed by atoms with van der Waals surface area (Å²) in [6.07, 6.45) is -3.88. The normalized spacial score (nSPS) is 16.8. The number of primary amides is 2. The number of quaternary nitrogens is 1. The average Bonchev–Trinajstić information content (AvgIpc) is 3.56. The second-order valence-electron chi connectivity index (χ2n) is 9.84. The van der Waals surface area contributed by atoms with E-state index in [0.29, 0.717) is 46.8 Å². The first-order valence-corrected chi connectivity index (χ1v) is 12.7. The summed E-state index contributed by atoms with van der Waals surface area (Å²) < 4.78 is 48.9. The molecule has 0 unspecified atom stereocenters. The highest BCUT2D eigenvalue weighted by Gasteiger charge is 2.38. The Balaban J connectivity index is 1.72. The Morgan fingerprint density at radius 1 is 1.15 bits per heavy atom. The van der Waals surface area contributed by atoms with Gasteiger partial charge in [-0.25, -0.2) is 9.59 Å². The van der Waals surface area contributed by atoms with Gasteiger partial charge in [-0.15, -0.1) is 0 Å². The van der Waals surface area contributed by atoms with Crippen molar-refractivity contribution in [3.8, 4) is 22.7 Å². The van der Waals surface area contributed by atoms with Crippen molar-refractivity contribution >= 4 is 23.3 Å². The van der Waals surface area contributed by atoms with E-state index in [1.165, 1.54) is 26.2 Å². The summed E-state index contributed by atoms with van der Waals surface area (Å²) >= 11 is 0. The van der Waals surface area contributed by atoms with Crippen LogP contribution in [0.25, 0.3) is 16.9 Å². The fraction of sp³-hybridized carbons (Fsp3) is 0.333. The van der Waals surface area contributed by atoms with Crippen LogP contribution in [-0.2, 0) is 17.4 Å². The maximum Gasteiger partial charge on any atom is 0.418 e. The molecule has 3 amide bonds. The zero-order valence-corrected chi connectivity index (χ0v) is 21.9. The smallest absolute Gasteiger partial charge is 0.418 e. The lowest BCUT2D eigenvalue weighted by atomic mass is 10.0. The molecule has 13 heteroatoms. The van der Waals surface area contributed by atoms with Crippen molar-refractivity contribution in [2.24, 2.45) is 5.73 Å². The summed E-state index contributed by atoms with van der Waals surface area (Å²) in [5.74, 6) is 0.414. The number of halogens is 3. The lowest BCUT2D eigenvalue weighted by molar-refractivity contribution is -0.599. The molecule has 4 N–H and O–H groups in total. The van der Waals surface area contributed by atoms with Gasteiger partial charge in [-0.05, 0) is 36.8 Å². The van der Waals surface area contributed by atoms with Gasteiger partial charge in [0.15, 0.2) is 0 Å². The van der Waals surface area contributed by atoms with Crippen LogP contribution in [0.15, 0.2) is 47.3 Å². The summed E-state index contributed by atoms with van der Waals surface area (Å²) in [5.41, 5.74) is 4.64. The molecule has 210 valence electrons. The number of nitrogens with zero attached hydrogens (tertiary/aromatic N) is 4. The van der Waals surface area contributed by atoms with Gasteiger partial charge in [0.25, 0.3) is 5.56 Å². The Labute approximate surface area is 227 Å². The highest BCUT2D eigenvalue weighted by Crippen LogP contribution is 2.38. The van der Waals surface area contributed by atoms with Gasteiger partial charge in [-0.1, -0.05) is 12.1 Å². The molecule has 0 radical (unpaired) electrons. The molecule has 2 aliphatic rings. The number of fused-ring (bicyclic) bond motifs is 1. The van der Waals surface area contributed by atoms with Crippen LogP contribution in [0.5, 0.6) is 5.75 Å². The summed E-state index contributed by atoms with van der Waals surface area (Å²) in [5, 5.41) is 6.06. The number of alkyl halides is 3. The highest BCUT2D eigenvalue weighted by molar-refractivity contribution is 5.94. The number of urea groups is 1. The van der Waals surface area contributed by atoms with Crippen molar-refractivity contribution in [2.45, 2.75) is 32.0 Å². The molecule has 3 heterocycles. The van der Waals surface area contributed by atoms with Gasteiger partial charge >= 0.3 is 18.1 Å². The van der Waals surface area contributed by atoms with Crippen molar-refractivity contribution in [1.82, 2.24) is 9.78 Å². The van der Waals surface area contributed by atoms with Crippen molar-refractivity contribution in [2.75, 3.05) is 36.5 Å². The second kappa shape index (κ2) is 10.3. The predicted molar refractivity (Wildman–Crippen MR) is 141 cm³/mol. The van der Waals surface area contributed by atoms with Crippen LogP contribution in [0.1, 0.15) is 24.5 Å². The third kappa shape index (κ3) is 4.99. The number of carbonyl (C=O) groups is 2. The van der Waals surface area contributed by atoms with Gasteiger partial charge in [0.2, 0.25) is 0 Å². The van der Waals surface area contributed by atoms with Crippen LogP contribution < -0.4 is 31.1 Å². The molecule has 2 aromatic carbocycles. The molecule has 10 nitrogen and oxygen atoms in total. The van der Waals surface area contributed by atoms with Gasteiger partial charge in [-0.2, -0.15) is 23.0 Å². The van der Waals surface area contributed by atoms with Crippen molar-refractivity contribution in [1.29, 1.82) is 0 Å². The number of hydrogen-bond acceptors (Lipinski definition) is 6. The summed E-state index contributed by atoms with van der Waals surface area (Å²) in [7, 11) is 1.48. The largest absolute Gasteiger partial charge is 0.497 e. The Kier molecular flexibility index (Phi) is 7.00. The molecule has 0 bridgehead atoms. The second-order valence-corrected chi connectivity index (χ2v) is 9.84. The van der Waals surface area contributed by atoms with Gasteiger partial charge < -0.3 is 15.4 Å². The summed E-state index contributed by atoms with van der Waals surface area (Å²) in [6, 6.07) is 9.37. The van der Waals surface area contributed by atoms with Crippen LogP contribution in [0.3, 0.4) is 0 Å². The Bertz CT molecular complexity index is 1550. The van der Waals surface area contributed by atoms with Crippen molar-refractivity contribution < 1.29 is 32.8 Å². The molecule has 1 fully saturated rings. The van der Waals surface area contributed by atoms with E-state index in [-0.39, 0.29) is 36.3 Å². The first kappa shape index (κ1) is 27.2. The van der Waals surface area contributed by atoms with Gasteiger partial charge in [0.05, 0.1) is 37.5 Å². The molecule has 1 saturated heterocycles. The van der Waals surface area contributed by atoms with Crippen LogP contribution >= 0.6 is 0 Å². The number of ether oxygens (including phenoxy) is 1. The predicted octanol–water partition coefficient (Wildman–Crippen LogP) is 2.06. The molecule has 0 spiro atoms. The van der Waals surface area contributed by atoms with Crippen LogP contribution in [0, 0.1) is 0 Å². The highest BCUT2D eigenvalue weighted by atomic mass is 19.4. The van der Waals surface area contributed by atoms with Crippen molar-refractivity contribution in [3.63, 3.8) is 0 Å². The maximum atomic E-state index is 14.3. The summed E-state index contributed by atoms with van der Waals surface area (Å²) in [4.78, 5) is 40.5. The SMILES string of the molecule is COc1cccc(-c2nn(-c3cc(N4CC[C@@H]([NH2+]C(C)=O)C4)ccc3C(F)(F)F)c(=O)c3c2CCN3C(N)=O)c1. The molecule has 1 aromatic heterocycles. The minimum absolute atomic E-state index is 0.0344. The fourth-order valence-electron chi connectivity index (χ4n) is 5.41. The van der Waals surface area contributed by atoms with E-state index in [1.54, 1.807) is 29.6 Å². The van der Waals surface area contributed by atoms with E-state index >= 15 is 0 Å². The third-order valence-electron chi connectivity index (χ3n) is 7.21. The zero-order chi connectivity index (χ0) is 28.8. The lowest BCUT2D eigenvalue weighted by Crippen LogP contribution is -2.93. The minimum Gasteiger partial charge on any atom is -0.497 e. The Morgan fingerprint density at radius 3 is 2.60 bits per heavy atom. The number of hydrogen-bond donors (Lipinski definition) is 2. The van der Waals surface area contributed by atoms with E-state index in [4.69, 9.17) is 10.5 Å². The Hall–Kier alpha value is -4.39. The molecule has 40 heavy (non-hydrogen) atoms. The lowest BCUT2D eigenvalue weighted by Gasteiger charge is -2.22. The number of methoxy groups -OCH3 is 1. The average molecular weight is 558 g/mol. The standard InChI is InChI=1S/C27H27F3N6O4/c1-15(37)32-17-8-10-34(14-17)18-6-7-21(27(28,29)30)22(13-18)36-25(38)24-20(9-11-35(24)26(31)39)23(33-36)16-4-3-5-19(12-16)40-2/h3-7,12-13,17H,8-11,14H2,1-2H3,(H2,31,39)(H,32,37)/p+1/t17-/m1/s1. The van der Waals surface area contributed by atoms with Crippen LogP contribution in [0.4, 0.5) is 29.3 Å². The monoisotopic (exact) mass is 557 g/mol. The number of aromatic nitrogens is 2. The van der Waals surface area contributed by atoms with Crippen LogP contribution in [-0.4, -0.2) is 54.5 Å². The molecule has 2 aliphatic heterocycles. The van der Waals surface area contributed by atoms with Gasteiger partial charge in [-0.3, -0.25) is 15.0 Å². The molecule has 1 atom stereocenters.